The Morgan fingerprint density at radius 1 is 1.14 bits per heavy atom. The number of hydrogen-bond acceptors (Lipinski definition) is 3. The van der Waals surface area contributed by atoms with Crippen molar-refractivity contribution < 1.29 is 4.79 Å². The Kier molecular flexibility index (Phi) is 6.40. The van der Waals surface area contributed by atoms with Gasteiger partial charge in [0.1, 0.15) is 0 Å². The lowest BCUT2D eigenvalue weighted by Crippen LogP contribution is -2.45. The van der Waals surface area contributed by atoms with E-state index in [2.05, 4.69) is 36.0 Å². The molecule has 0 saturated carbocycles. The van der Waals surface area contributed by atoms with E-state index >= 15 is 0 Å². The maximum atomic E-state index is 12.1. The van der Waals surface area contributed by atoms with Crippen LogP contribution in [-0.4, -0.2) is 62.0 Å². The first-order valence-electron chi connectivity index (χ1n) is 8.35. The Bertz CT molecular complexity index is 462. The van der Waals surface area contributed by atoms with Crippen LogP contribution in [0.1, 0.15) is 42.1 Å². The summed E-state index contributed by atoms with van der Waals surface area (Å²) in [5, 5.41) is 3.02. The first kappa shape index (κ1) is 17.0. The largest absolute Gasteiger partial charge is 0.352 e. The van der Waals surface area contributed by atoms with Crippen LogP contribution in [0.2, 0.25) is 0 Å². The third-order valence-corrected chi connectivity index (χ3v) is 4.37. The van der Waals surface area contributed by atoms with Crippen molar-refractivity contribution in [3.05, 3.63) is 35.4 Å². The normalized spacial score (nSPS) is 16.9. The predicted octanol–water partition coefficient (Wildman–Crippen LogP) is 2.18. The zero-order valence-electron chi connectivity index (χ0n) is 14.1. The zero-order chi connectivity index (χ0) is 15.9. The third kappa shape index (κ3) is 5.11. The Morgan fingerprint density at radius 2 is 1.77 bits per heavy atom. The second-order valence-electron chi connectivity index (χ2n) is 6.53. The van der Waals surface area contributed by atoms with E-state index in [9.17, 15) is 4.79 Å². The fraction of sp³-hybridized carbons (Fsp3) is 0.611. The highest BCUT2D eigenvalue weighted by molar-refractivity contribution is 5.94. The molecule has 0 atom stereocenters. The number of carbonyl (C=O) groups excluding carboxylic acids is 1. The molecule has 1 saturated heterocycles. The Morgan fingerprint density at radius 3 is 2.36 bits per heavy atom. The number of rotatable bonds is 6. The van der Waals surface area contributed by atoms with Crippen molar-refractivity contribution >= 4 is 5.91 Å². The van der Waals surface area contributed by atoms with Gasteiger partial charge in [0.2, 0.25) is 0 Å². The molecule has 0 aromatic heterocycles. The SMILES string of the molecule is CC(C)c1ccc(C(=O)NCCCN2CCN(C)CC2)cc1. The summed E-state index contributed by atoms with van der Waals surface area (Å²) in [7, 11) is 2.17. The molecule has 1 aliphatic rings. The average Bonchev–Trinajstić information content (AvgIpc) is 2.53. The molecule has 1 heterocycles. The summed E-state index contributed by atoms with van der Waals surface area (Å²) in [5.74, 6) is 0.536. The van der Waals surface area contributed by atoms with E-state index in [0.29, 0.717) is 5.92 Å². The number of piperazine rings is 1. The van der Waals surface area contributed by atoms with E-state index in [1.807, 2.05) is 24.3 Å². The van der Waals surface area contributed by atoms with Gasteiger partial charge in [-0.15, -0.1) is 0 Å². The molecule has 0 bridgehead atoms. The number of benzene rings is 1. The van der Waals surface area contributed by atoms with Gasteiger partial charge >= 0.3 is 0 Å². The van der Waals surface area contributed by atoms with Crippen molar-refractivity contribution in [3.63, 3.8) is 0 Å². The standard InChI is InChI=1S/C18H29N3O/c1-15(2)16-5-7-17(8-6-16)18(22)19-9-4-10-21-13-11-20(3)12-14-21/h5-8,15H,4,9-14H2,1-3H3,(H,19,22). The number of nitrogens with one attached hydrogen (secondary N) is 1. The van der Waals surface area contributed by atoms with Crippen LogP contribution in [0.3, 0.4) is 0 Å². The molecule has 2 rings (SSSR count). The van der Waals surface area contributed by atoms with Crippen molar-refractivity contribution in [2.45, 2.75) is 26.2 Å². The van der Waals surface area contributed by atoms with Crippen LogP contribution >= 0.6 is 0 Å². The van der Waals surface area contributed by atoms with Crippen LogP contribution in [-0.2, 0) is 0 Å². The minimum atomic E-state index is 0.0358. The number of hydrogen-bond donors (Lipinski definition) is 1. The summed E-state index contributed by atoms with van der Waals surface area (Å²) in [4.78, 5) is 16.9. The molecule has 1 aromatic rings. The minimum absolute atomic E-state index is 0.0358. The molecule has 0 aliphatic carbocycles. The van der Waals surface area contributed by atoms with Crippen LogP contribution in [0.5, 0.6) is 0 Å². The highest BCUT2D eigenvalue weighted by Crippen LogP contribution is 2.14. The van der Waals surface area contributed by atoms with Gasteiger partial charge in [0, 0.05) is 38.3 Å². The number of likely N-dealkylation sites (N-methyl/N-ethyl adjacent to an activating group) is 1. The van der Waals surface area contributed by atoms with Crippen LogP contribution in [0, 0.1) is 0 Å². The van der Waals surface area contributed by atoms with E-state index < -0.39 is 0 Å². The average molecular weight is 303 g/mol. The van der Waals surface area contributed by atoms with E-state index in [1.165, 1.54) is 5.56 Å². The van der Waals surface area contributed by atoms with E-state index in [1.54, 1.807) is 0 Å². The smallest absolute Gasteiger partial charge is 0.251 e. The minimum Gasteiger partial charge on any atom is -0.352 e. The van der Waals surface area contributed by atoms with Gasteiger partial charge in [-0.1, -0.05) is 26.0 Å². The van der Waals surface area contributed by atoms with Gasteiger partial charge in [0.05, 0.1) is 0 Å². The van der Waals surface area contributed by atoms with Crippen molar-refractivity contribution in [1.29, 1.82) is 0 Å². The summed E-state index contributed by atoms with van der Waals surface area (Å²) >= 11 is 0. The molecular formula is C18H29N3O. The van der Waals surface area contributed by atoms with Crippen molar-refractivity contribution in [3.8, 4) is 0 Å². The lowest BCUT2D eigenvalue weighted by atomic mass is 10.0. The Hall–Kier alpha value is -1.39. The third-order valence-electron chi connectivity index (χ3n) is 4.37. The number of carbonyl (C=O) groups is 1. The first-order chi connectivity index (χ1) is 10.6. The van der Waals surface area contributed by atoms with Crippen molar-refractivity contribution in [1.82, 2.24) is 15.1 Å². The van der Waals surface area contributed by atoms with Crippen LogP contribution < -0.4 is 5.32 Å². The van der Waals surface area contributed by atoms with Crippen molar-refractivity contribution in [2.24, 2.45) is 0 Å². The summed E-state index contributed by atoms with van der Waals surface area (Å²) in [5.41, 5.74) is 2.02. The van der Waals surface area contributed by atoms with E-state index in [4.69, 9.17) is 0 Å². The quantitative estimate of drug-likeness (QED) is 0.818. The van der Waals surface area contributed by atoms with Gasteiger partial charge in [0.15, 0.2) is 0 Å². The second kappa shape index (κ2) is 8.30. The zero-order valence-corrected chi connectivity index (χ0v) is 14.1. The molecule has 1 fully saturated rings. The molecule has 122 valence electrons. The second-order valence-corrected chi connectivity index (χ2v) is 6.53. The summed E-state index contributed by atoms with van der Waals surface area (Å²) < 4.78 is 0. The molecule has 1 amide bonds. The first-order valence-corrected chi connectivity index (χ1v) is 8.35. The Balaban J connectivity index is 1.67. The molecule has 22 heavy (non-hydrogen) atoms. The van der Waals surface area contributed by atoms with Crippen LogP contribution in [0.15, 0.2) is 24.3 Å². The van der Waals surface area contributed by atoms with Crippen molar-refractivity contribution in [2.75, 3.05) is 46.3 Å². The molecule has 1 N–H and O–H groups in total. The lowest BCUT2D eigenvalue weighted by Gasteiger charge is -2.32. The fourth-order valence-corrected chi connectivity index (χ4v) is 2.70. The molecule has 0 unspecified atom stereocenters. The fourth-order valence-electron chi connectivity index (χ4n) is 2.70. The monoisotopic (exact) mass is 303 g/mol. The van der Waals surface area contributed by atoms with Crippen LogP contribution in [0.4, 0.5) is 0 Å². The van der Waals surface area contributed by atoms with Gasteiger partial charge in [-0.05, 0) is 43.6 Å². The number of amides is 1. The van der Waals surface area contributed by atoms with E-state index in [-0.39, 0.29) is 5.91 Å². The van der Waals surface area contributed by atoms with Gasteiger partial charge in [-0.2, -0.15) is 0 Å². The highest BCUT2D eigenvalue weighted by Gasteiger charge is 2.13. The molecular weight excluding hydrogens is 274 g/mol. The molecule has 1 aliphatic heterocycles. The van der Waals surface area contributed by atoms with Gasteiger partial charge in [0.25, 0.3) is 5.91 Å². The molecule has 1 aromatic carbocycles. The predicted molar refractivity (Wildman–Crippen MR) is 91.4 cm³/mol. The maximum absolute atomic E-state index is 12.1. The van der Waals surface area contributed by atoms with Gasteiger partial charge < -0.3 is 15.1 Å². The molecule has 4 nitrogen and oxygen atoms in total. The lowest BCUT2D eigenvalue weighted by molar-refractivity contribution is 0.0949. The highest BCUT2D eigenvalue weighted by atomic mass is 16.1. The van der Waals surface area contributed by atoms with Gasteiger partial charge in [-0.25, -0.2) is 0 Å². The summed E-state index contributed by atoms with van der Waals surface area (Å²) in [6.45, 7) is 10.7. The summed E-state index contributed by atoms with van der Waals surface area (Å²) in [6.07, 6.45) is 1.01. The van der Waals surface area contributed by atoms with Gasteiger partial charge in [-0.3, -0.25) is 4.79 Å². The molecule has 4 heteroatoms. The Labute approximate surface area is 134 Å². The molecule has 0 radical (unpaired) electrons. The summed E-state index contributed by atoms with van der Waals surface area (Å²) in [6, 6.07) is 7.93. The van der Waals surface area contributed by atoms with Crippen LogP contribution in [0.25, 0.3) is 0 Å². The molecule has 0 spiro atoms. The maximum Gasteiger partial charge on any atom is 0.251 e. The topological polar surface area (TPSA) is 35.6 Å². The van der Waals surface area contributed by atoms with E-state index in [0.717, 1.165) is 51.3 Å². The number of nitrogens with zero attached hydrogens (tertiary/aromatic N) is 2.